The molecule has 0 unspecified atom stereocenters. The summed E-state index contributed by atoms with van der Waals surface area (Å²) in [7, 11) is 3.36. The van der Waals surface area contributed by atoms with Crippen LogP contribution in [-0.4, -0.2) is 45.3 Å². The van der Waals surface area contributed by atoms with Gasteiger partial charge in [-0.25, -0.2) is 4.98 Å². The normalized spacial score (nSPS) is 10.8. The predicted molar refractivity (Wildman–Crippen MR) is 116 cm³/mol. The number of rotatable bonds is 6. The Hall–Kier alpha value is -2.30. The highest BCUT2D eigenvalue weighted by Gasteiger charge is 2.13. The van der Waals surface area contributed by atoms with E-state index in [1.54, 1.807) is 38.5 Å². The number of nitrogens with one attached hydrogen (secondary N) is 1. The van der Waals surface area contributed by atoms with Crippen LogP contribution in [0.3, 0.4) is 0 Å². The molecule has 0 aliphatic carbocycles. The van der Waals surface area contributed by atoms with Gasteiger partial charge >= 0.3 is 0 Å². The van der Waals surface area contributed by atoms with Gasteiger partial charge in [0.05, 0.1) is 17.1 Å². The average molecular weight is 435 g/mol. The zero-order valence-electron chi connectivity index (χ0n) is 15.2. The van der Waals surface area contributed by atoms with Crippen molar-refractivity contribution in [1.82, 2.24) is 14.3 Å². The number of fused-ring (bicyclic) bond motifs is 1. The van der Waals surface area contributed by atoms with Crippen LogP contribution in [-0.2, 0) is 10.5 Å². The van der Waals surface area contributed by atoms with Crippen LogP contribution >= 0.6 is 34.9 Å². The lowest BCUT2D eigenvalue weighted by Crippen LogP contribution is -2.18. The number of thiazole rings is 1. The fourth-order valence-corrected chi connectivity index (χ4v) is 4.44. The van der Waals surface area contributed by atoms with Crippen molar-refractivity contribution < 1.29 is 9.59 Å². The van der Waals surface area contributed by atoms with E-state index in [9.17, 15) is 14.4 Å². The van der Waals surface area contributed by atoms with Crippen molar-refractivity contribution in [3.05, 3.63) is 58.0 Å². The lowest BCUT2D eigenvalue weighted by Gasteiger charge is -2.13. The SMILES string of the molecule is CN(C)C(=O)Sc1ccccc1NC(=O)CSCc1cc(=O)n2ccsc2n1. The van der Waals surface area contributed by atoms with Crippen molar-refractivity contribution >= 4 is 56.7 Å². The summed E-state index contributed by atoms with van der Waals surface area (Å²) in [4.78, 5) is 43.4. The molecular formula is C18H18N4O3S3. The van der Waals surface area contributed by atoms with Gasteiger partial charge in [-0.3, -0.25) is 18.8 Å². The second kappa shape index (κ2) is 9.26. The Kier molecular flexibility index (Phi) is 6.76. The average Bonchev–Trinajstić information content (AvgIpc) is 3.12. The number of amides is 2. The maximum Gasteiger partial charge on any atom is 0.286 e. The first-order valence-electron chi connectivity index (χ1n) is 8.25. The minimum absolute atomic E-state index is 0.114. The molecule has 0 saturated heterocycles. The number of hydrogen-bond acceptors (Lipinski definition) is 7. The largest absolute Gasteiger partial charge is 0.339 e. The van der Waals surface area contributed by atoms with Crippen LogP contribution in [0, 0.1) is 0 Å². The maximum absolute atomic E-state index is 12.3. The first kappa shape index (κ1) is 20.4. The summed E-state index contributed by atoms with van der Waals surface area (Å²) in [6.07, 6.45) is 1.69. The van der Waals surface area contributed by atoms with Gasteiger partial charge in [-0.05, 0) is 23.9 Å². The Morgan fingerprint density at radius 1 is 1.29 bits per heavy atom. The number of thioether (sulfide) groups is 2. The number of nitrogens with zero attached hydrogens (tertiary/aromatic N) is 3. The van der Waals surface area contributed by atoms with Crippen LogP contribution in [0.4, 0.5) is 10.5 Å². The Balaban J connectivity index is 1.57. The van der Waals surface area contributed by atoms with Gasteiger partial charge < -0.3 is 10.2 Å². The Bertz CT molecular complexity index is 1060. The number of benzene rings is 1. The molecule has 0 fully saturated rings. The summed E-state index contributed by atoms with van der Waals surface area (Å²) in [5.41, 5.74) is 1.13. The van der Waals surface area contributed by atoms with Crippen LogP contribution in [0.2, 0.25) is 0 Å². The van der Waals surface area contributed by atoms with Crippen molar-refractivity contribution in [2.75, 3.05) is 25.2 Å². The van der Waals surface area contributed by atoms with Crippen LogP contribution in [0.1, 0.15) is 5.69 Å². The third-order valence-corrected chi connectivity index (χ3v) is 6.40. The van der Waals surface area contributed by atoms with Gasteiger partial charge in [0.2, 0.25) is 5.91 Å². The standard InChI is InChI=1S/C18H18N4O3S3/c1-21(2)18(25)28-14-6-4-3-5-13(14)20-15(23)11-26-10-12-9-16(24)22-7-8-27-17(22)19-12/h3-9H,10-11H2,1-2H3,(H,20,23). The number of hydrogen-bond donors (Lipinski definition) is 1. The molecule has 0 atom stereocenters. The molecule has 2 amide bonds. The van der Waals surface area contributed by atoms with Gasteiger partial charge in [-0.2, -0.15) is 0 Å². The molecule has 28 heavy (non-hydrogen) atoms. The van der Waals surface area contributed by atoms with Crippen molar-refractivity contribution in [3.8, 4) is 0 Å². The minimum atomic E-state index is -0.177. The second-order valence-corrected chi connectivity index (χ2v) is 8.79. The van der Waals surface area contributed by atoms with Gasteiger partial charge in [0.25, 0.3) is 10.8 Å². The quantitative estimate of drug-likeness (QED) is 0.599. The summed E-state index contributed by atoms with van der Waals surface area (Å²) >= 11 is 3.84. The molecule has 146 valence electrons. The topological polar surface area (TPSA) is 83.8 Å². The van der Waals surface area contributed by atoms with Crippen molar-refractivity contribution in [3.63, 3.8) is 0 Å². The Morgan fingerprint density at radius 2 is 2.07 bits per heavy atom. The Morgan fingerprint density at radius 3 is 2.86 bits per heavy atom. The molecule has 3 rings (SSSR count). The van der Waals surface area contributed by atoms with E-state index in [2.05, 4.69) is 10.3 Å². The van der Waals surface area contributed by atoms with E-state index in [-0.39, 0.29) is 22.5 Å². The number of aromatic nitrogens is 2. The molecule has 0 aliphatic heterocycles. The predicted octanol–water partition coefficient (Wildman–Crippen LogP) is 3.40. The van der Waals surface area contributed by atoms with E-state index in [0.29, 0.717) is 27.0 Å². The molecule has 1 aromatic carbocycles. The Labute approximate surface area is 174 Å². The van der Waals surface area contributed by atoms with Crippen molar-refractivity contribution in [2.24, 2.45) is 0 Å². The third kappa shape index (κ3) is 5.15. The maximum atomic E-state index is 12.3. The smallest absolute Gasteiger partial charge is 0.286 e. The zero-order chi connectivity index (χ0) is 20.1. The lowest BCUT2D eigenvalue weighted by molar-refractivity contribution is -0.113. The zero-order valence-corrected chi connectivity index (χ0v) is 17.7. The van der Waals surface area contributed by atoms with Gasteiger partial charge in [0.15, 0.2) is 4.96 Å². The highest BCUT2D eigenvalue weighted by molar-refractivity contribution is 8.13. The van der Waals surface area contributed by atoms with Crippen LogP contribution in [0.25, 0.3) is 4.96 Å². The van der Waals surface area contributed by atoms with E-state index in [0.717, 1.165) is 11.8 Å². The second-order valence-electron chi connectivity index (χ2n) is 5.94. The summed E-state index contributed by atoms with van der Waals surface area (Å²) in [6, 6.07) is 8.67. The van der Waals surface area contributed by atoms with E-state index >= 15 is 0 Å². The van der Waals surface area contributed by atoms with E-state index in [1.807, 2.05) is 11.4 Å². The van der Waals surface area contributed by atoms with Gasteiger partial charge in [-0.1, -0.05) is 12.1 Å². The minimum Gasteiger partial charge on any atom is -0.339 e. The van der Waals surface area contributed by atoms with Gasteiger partial charge in [-0.15, -0.1) is 23.1 Å². The van der Waals surface area contributed by atoms with Crippen LogP contribution in [0.15, 0.2) is 51.6 Å². The molecule has 0 aliphatic rings. The van der Waals surface area contributed by atoms with Crippen LogP contribution < -0.4 is 10.9 Å². The van der Waals surface area contributed by atoms with Gasteiger partial charge in [0.1, 0.15) is 0 Å². The molecule has 7 nitrogen and oxygen atoms in total. The molecular weight excluding hydrogens is 416 g/mol. The fourth-order valence-electron chi connectivity index (χ4n) is 2.24. The van der Waals surface area contributed by atoms with E-state index in [4.69, 9.17) is 0 Å². The molecule has 3 aromatic rings. The molecule has 2 aromatic heterocycles. The number of carbonyl (C=O) groups is 2. The number of carbonyl (C=O) groups excluding carboxylic acids is 2. The lowest BCUT2D eigenvalue weighted by atomic mass is 10.3. The van der Waals surface area contributed by atoms with Crippen molar-refractivity contribution in [2.45, 2.75) is 10.6 Å². The third-order valence-electron chi connectivity index (χ3n) is 3.56. The summed E-state index contributed by atoms with van der Waals surface area (Å²) < 4.78 is 1.50. The highest BCUT2D eigenvalue weighted by atomic mass is 32.2. The molecule has 0 spiro atoms. The van der Waals surface area contributed by atoms with Gasteiger partial charge in [0, 0.05) is 42.4 Å². The van der Waals surface area contributed by atoms with Crippen LogP contribution in [0.5, 0.6) is 0 Å². The molecule has 2 heterocycles. The molecule has 0 radical (unpaired) electrons. The molecule has 10 heteroatoms. The highest BCUT2D eigenvalue weighted by Crippen LogP contribution is 2.28. The van der Waals surface area contributed by atoms with Crippen molar-refractivity contribution in [1.29, 1.82) is 0 Å². The monoisotopic (exact) mass is 434 g/mol. The fraction of sp³-hybridized carbons (Fsp3) is 0.222. The molecule has 0 bridgehead atoms. The van der Waals surface area contributed by atoms with E-state index < -0.39 is 0 Å². The first-order chi connectivity index (χ1) is 13.4. The summed E-state index contributed by atoms with van der Waals surface area (Å²) in [5, 5.41) is 4.54. The number of anilines is 1. The first-order valence-corrected chi connectivity index (χ1v) is 11.1. The molecule has 1 N–H and O–H groups in total. The summed E-state index contributed by atoms with van der Waals surface area (Å²) in [6.45, 7) is 0. The van der Waals surface area contributed by atoms with E-state index in [1.165, 1.54) is 38.5 Å². The summed E-state index contributed by atoms with van der Waals surface area (Å²) in [5.74, 6) is 0.503. The molecule has 0 saturated carbocycles. The number of para-hydroxylation sites is 1.